The van der Waals surface area contributed by atoms with Crippen molar-refractivity contribution in [3.63, 3.8) is 0 Å². The maximum atomic E-state index is 6.37. The van der Waals surface area contributed by atoms with Crippen LogP contribution in [0.2, 0.25) is 10.0 Å². The molecule has 3 rings (SSSR count). The first kappa shape index (κ1) is 13.4. The molecule has 1 unspecified atom stereocenters. The largest absolute Gasteiger partial charge is 0.320 e. The van der Waals surface area contributed by atoms with Crippen molar-refractivity contribution < 1.29 is 0 Å². The normalized spacial score (nSPS) is 16.2. The number of hydrogen-bond donors (Lipinski definition) is 1. The zero-order valence-corrected chi connectivity index (χ0v) is 12.8. The van der Waals surface area contributed by atoms with Gasteiger partial charge < -0.3 is 5.73 Å². The lowest BCUT2D eigenvalue weighted by atomic mass is 9.98. The third-order valence-corrected chi connectivity index (χ3v) is 5.51. The summed E-state index contributed by atoms with van der Waals surface area (Å²) in [4.78, 5) is 2.69. The smallest absolute Gasteiger partial charge is 0.0661 e. The molecular formula is C15H15Cl2NS. The second-order valence-electron chi connectivity index (χ2n) is 4.95. The van der Waals surface area contributed by atoms with E-state index in [1.54, 1.807) is 6.07 Å². The second kappa shape index (κ2) is 5.45. The molecule has 0 bridgehead atoms. The van der Waals surface area contributed by atoms with Crippen LogP contribution in [0.1, 0.15) is 39.8 Å². The molecule has 1 heterocycles. The highest BCUT2D eigenvalue weighted by atomic mass is 35.5. The Kier molecular flexibility index (Phi) is 3.86. The van der Waals surface area contributed by atoms with E-state index in [4.69, 9.17) is 28.9 Å². The highest BCUT2D eigenvalue weighted by Gasteiger charge is 2.19. The molecule has 1 atom stereocenters. The fourth-order valence-electron chi connectivity index (χ4n) is 2.57. The second-order valence-corrected chi connectivity index (χ2v) is 6.96. The number of nitrogens with two attached hydrogens (primary N) is 1. The molecule has 0 spiro atoms. The first-order chi connectivity index (χ1) is 9.15. The van der Waals surface area contributed by atoms with Gasteiger partial charge in [0.25, 0.3) is 0 Å². The Balaban J connectivity index is 1.97. The summed E-state index contributed by atoms with van der Waals surface area (Å²) in [5, 5.41) is 1.36. The van der Waals surface area contributed by atoms with Crippen molar-refractivity contribution in [2.45, 2.75) is 31.7 Å². The minimum atomic E-state index is -0.179. The van der Waals surface area contributed by atoms with E-state index in [1.165, 1.54) is 41.0 Å². The van der Waals surface area contributed by atoms with Crippen molar-refractivity contribution in [1.29, 1.82) is 0 Å². The van der Waals surface area contributed by atoms with Gasteiger partial charge in [0.2, 0.25) is 0 Å². The number of thiophene rings is 1. The topological polar surface area (TPSA) is 26.0 Å². The van der Waals surface area contributed by atoms with Crippen molar-refractivity contribution in [2.75, 3.05) is 0 Å². The Morgan fingerprint density at radius 2 is 1.89 bits per heavy atom. The molecule has 0 radical (unpaired) electrons. The molecule has 0 saturated carbocycles. The average Bonchev–Trinajstić information content (AvgIpc) is 2.84. The van der Waals surface area contributed by atoms with Gasteiger partial charge in [-0.05, 0) is 61.1 Å². The monoisotopic (exact) mass is 311 g/mol. The molecule has 4 heteroatoms. The van der Waals surface area contributed by atoms with Crippen LogP contribution in [0.4, 0.5) is 0 Å². The predicted molar refractivity (Wildman–Crippen MR) is 83.5 cm³/mol. The van der Waals surface area contributed by atoms with E-state index in [1.807, 2.05) is 23.5 Å². The number of hydrogen-bond acceptors (Lipinski definition) is 2. The van der Waals surface area contributed by atoms with Crippen LogP contribution in [0.5, 0.6) is 0 Å². The van der Waals surface area contributed by atoms with Gasteiger partial charge in [0.1, 0.15) is 0 Å². The van der Waals surface area contributed by atoms with Crippen LogP contribution in [0.25, 0.3) is 0 Å². The molecular weight excluding hydrogens is 297 g/mol. The number of fused-ring (bicyclic) bond motifs is 1. The number of rotatable bonds is 2. The van der Waals surface area contributed by atoms with Gasteiger partial charge >= 0.3 is 0 Å². The third kappa shape index (κ3) is 2.68. The van der Waals surface area contributed by atoms with Gasteiger partial charge in [-0.15, -0.1) is 11.3 Å². The Labute approximate surface area is 127 Å². The fourth-order valence-corrected chi connectivity index (χ4v) is 4.27. The number of aryl methyl sites for hydroxylation is 2. The molecule has 0 aliphatic heterocycles. The highest BCUT2D eigenvalue weighted by Crippen LogP contribution is 2.36. The van der Waals surface area contributed by atoms with E-state index in [0.717, 1.165) is 5.56 Å². The highest BCUT2D eigenvalue weighted by molar-refractivity contribution is 7.12. The SMILES string of the molecule is NC(c1cc2c(s1)CCCC2)c1cc(Cl)ccc1Cl. The molecule has 2 aromatic rings. The van der Waals surface area contributed by atoms with Gasteiger partial charge in [-0.3, -0.25) is 0 Å². The summed E-state index contributed by atoms with van der Waals surface area (Å²) in [6.45, 7) is 0. The van der Waals surface area contributed by atoms with Gasteiger partial charge in [0.15, 0.2) is 0 Å². The zero-order chi connectivity index (χ0) is 13.4. The minimum Gasteiger partial charge on any atom is -0.320 e. The molecule has 0 amide bonds. The van der Waals surface area contributed by atoms with Gasteiger partial charge in [-0.1, -0.05) is 23.2 Å². The van der Waals surface area contributed by atoms with Crippen molar-refractivity contribution in [3.05, 3.63) is 55.2 Å². The van der Waals surface area contributed by atoms with Crippen LogP contribution >= 0.6 is 34.5 Å². The summed E-state index contributed by atoms with van der Waals surface area (Å²) in [6.07, 6.45) is 4.95. The molecule has 19 heavy (non-hydrogen) atoms. The lowest BCUT2D eigenvalue weighted by Gasteiger charge is -2.12. The lowest BCUT2D eigenvalue weighted by Crippen LogP contribution is -2.10. The maximum Gasteiger partial charge on any atom is 0.0661 e. The molecule has 1 aromatic carbocycles. The molecule has 1 aliphatic carbocycles. The van der Waals surface area contributed by atoms with Crippen LogP contribution < -0.4 is 5.73 Å². The number of benzene rings is 1. The lowest BCUT2D eigenvalue weighted by molar-refractivity contribution is 0.696. The Morgan fingerprint density at radius 3 is 2.68 bits per heavy atom. The van der Waals surface area contributed by atoms with E-state index in [9.17, 15) is 0 Å². The Morgan fingerprint density at radius 1 is 1.11 bits per heavy atom. The quantitative estimate of drug-likeness (QED) is 0.831. The zero-order valence-electron chi connectivity index (χ0n) is 10.5. The van der Waals surface area contributed by atoms with Gasteiger partial charge in [-0.2, -0.15) is 0 Å². The van der Waals surface area contributed by atoms with Crippen LogP contribution in [-0.4, -0.2) is 0 Å². The molecule has 100 valence electrons. The maximum absolute atomic E-state index is 6.37. The van der Waals surface area contributed by atoms with Crippen molar-refractivity contribution in [3.8, 4) is 0 Å². The molecule has 1 nitrogen and oxygen atoms in total. The first-order valence-corrected chi connectivity index (χ1v) is 8.04. The minimum absolute atomic E-state index is 0.179. The van der Waals surface area contributed by atoms with E-state index >= 15 is 0 Å². The molecule has 2 N–H and O–H groups in total. The van der Waals surface area contributed by atoms with Gasteiger partial charge in [-0.25, -0.2) is 0 Å². The summed E-state index contributed by atoms with van der Waals surface area (Å²) in [5.74, 6) is 0. The number of halogens is 2. The predicted octanol–water partition coefficient (Wildman–Crippen LogP) is 4.98. The molecule has 1 aromatic heterocycles. The van der Waals surface area contributed by atoms with Crippen LogP contribution in [0.3, 0.4) is 0 Å². The van der Waals surface area contributed by atoms with Crippen molar-refractivity contribution >= 4 is 34.5 Å². The van der Waals surface area contributed by atoms with E-state index in [0.29, 0.717) is 10.0 Å². The van der Waals surface area contributed by atoms with Crippen LogP contribution in [0, 0.1) is 0 Å². The average molecular weight is 312 g/mol. The first-order valence-electron chi connectivity index (χ1n) is 6.47. The summed E-state index contributed by atoms with van der Waals surface area (Å²) >= 11 is 14.1. The molecule has 0 saturated heterocycles. The van der Waals surface area contributed by atoms with E-state index in [-0.39, 0.29) is 6.04 Å². The summed E-state index contributed by atoms with van der Waals surface area (Å²) < 4.78 is 0. The summed E-state index contributed by atoms with van der Waals surface area (Å²) in [5.41, 5.74) is 8.75. The van der Waals surface area contributed by atoms with E-state index in [2.05, 4.69) is 6.07 Å². The molecule has 0 fully saturated rings. The summed E-state index contributed by atoms with van der Waals surface area (Å²) in [6, 6.07) is 7.54. The fraction of sp³-hybridized carbons (Fsp3) is 0.333. The Hall–Kier alpha value is -0.540. The standard InChI is InChI=1S/C15H15Cl2NS/c16-10-5-6-12(17)11(8-10)15(18)14-7-9-3-1-2-4-13(9)19-14/h5-8,15H,1-4,18H2. The third-order valence-electron chi connectivity index (χ3n) is 3.62. The van der Waals surface area contributed by atoms with Gasteiger partial charge in [0, 0.05) is 19.8 Å². The van der Waals surface area contributed by atoms with Crippen LogP contribution in [0.15, 0.2) is 24.3 Å². The van der Waals surface area contributed by atoms with Crippen molar-refractivity contribution in [1.82, 2.24) is 0 Å². The van der Waals surface area contributed by atoms with Gasteiger partial charge in [0.05, 0.1) is 6.04 Å². The van der Waals surface area contributed by atoms with Crippen molar-refractivity contribution in [2.24, 2.45) is 5.73 Å². The summed E-state index contributed by atoms with van der Waals surface area (Å²) in [7, 11) is 0. The van der Waals surface area contributed by atoms with Crippen LogP contribution in [-0.2, 0) is 12.8 Å². The van der Waals surface area contributed by atoms with E-state index < -0.39 is 0 Å². The Bertz CT molecular complexity index is 583. The molecule has 1 aliphatic rings.